The van der Waals surface area contributed by atoms with Gasteiger partial charge < -0.3 is 10.6 Å². The molecule has 17 heavy (non-hydrogen) atoms. The minimum absolute atomic E-state index is 0.0506. The van der Waals surface area contributed by atoms with Crippen LogP contribution < -0.4 is 10.6 Å². The lowest BCUT2D eigenvalue weighted by Crippen LogP contribution is -2.32. The molecule has 0 bridgehead atoms. The van der Waals surface area contributed by atoms with Gasteiger partial charge in [-0.3, -0.25) is 4.79 Å². The lowest BCUT2D eigenvalue weighted by atomic mass is 10.2. The van der Waals surface area contributed by atoms with Gasteiger partial charge in [0, 0.05) is 27.6 Å². The Morgan fingerprint density at radius 1 is 1.12 bits per heavy atom. The Bertz CT molecular complexity index is 363. The highest BCUT2D eigenvalue weighted by Crippen LogP contribution is 2.19. The normalized spacial score (nSPS) is 10.3. The highest BCUT2D eigenvalue weighted by atomic mass is 79.9. The van der Waals surface area contributed by atoms with E-state index in [1.807, 2.05) is 6.07 Å². The van der Waals surface area contributed by atoms with Crippen molar-refractivity contribution < 1.29 is 4.79 Å². The van der Waals surface area contributed by atoms with E-state index >= 15 is 0 Å². The maximum Gasteiger partial charge on any atom is 0.251 e. The Morgan fingerprint density at radius 3 is 2.35 bits per heavy atom. The molecular formula is C12H16Br2N2O. The zero-order valence-electron chi connectivity index (χ0n) is 9.72. The number of halogens is 2. The largest absolute Gasteiger partial charge is 0.351 e. The monoisotopic (exact) mass is 362 g/mol. The highest BCUT2D eigenvalue weighted by molar-refractivity contribution is 9.11. The van der Waals surface area contributed by atoms with Gasteiger partial charge in [0.15, 0.2) is 0 Å². The van der Waals surface area contributed by atoms with Crippen molar-refractivity contribution >= 4 is 37.8 Å². The van der Waals surface area contributed by atoms with Gasteiger partial charge in [-0.15, -0.1) is 0 Å². The van der Waals surface area contributed by atoms with E-state index in [9.17, 15) is 4.79 Å². The standard InChI is InChI=1S/C12H16Br2N2O/c1-2-3-15-4-5-16-12(17)9-6-10(13)8-11(14)7-9/h6-8,15H,2-5H2,1H3,(H,16,17). The number of hydrogen-bond donors (Lipinski definition) is 2. The van der Waals surface area contributed by atoms with Crippen LogP contribution in [-0.4, -0.2) is 25.5 Å². The van der Waals surface area contributed by atoms with Gasteiger partial charge in [0.05, 0.1) is 0 Å². The molecule has 3 nitrogen and oxygen atoms in total. The lowest BCUT2D eigenvalue weighted by molar-refractivity contribution is 0.0954. The highest BCUT2D eigenvalue weighted by Gasteiger charge is 2.06. The summed E-state index contributed by atoms with van der Waals surface area (Å²) in [6.07, 6.45) is 1.10. The number of carbonyl (C=O) groups is 1. The molecule has 0 unspecified atom stereocenters. The molecule has 0 aromatic heterocycles. The minimum atomic E-state index is -0.0506. The van der Waals surface area contributed by atoms with Crippen molar-refractivity contribution in [2.45, 2.75) is 13.3 Å². The third-order valence-electron chi connectivity index (χ3n) is 2.14. The molecule has 0 saturated carbocycles. The van der Waals surface area contributed by atoms with Crippen LogP contribution in [0.15, 0.2) is 27.1 Å². The van der Waals surface area contributed by atoms with Crippen molar-refractivity contribution in [2.75, 3.05) is 19.6 Å². The van der Waals surface area contributed by atoms with Crippen LogP contribution in [0.25, 0.3) is 0 Å². The maximum atomic E-state index is 11.8. The predicted octanol–water partition coefficient (Wildman–Crippen LogP) is 2.94. The molecule has 1 aromatic rings. The molecule has 0 spiro atoms. The summed E-state index contributed by atoms with van der Waals surface area (Å²) >= 11 is 6.72. The van der Waals surface area contributed by atoms with Gasteiger partial charge in [-0.1, -0.05) is 38.8 Å². The predicted molar refractivity (Wildman–Crippen MR) is 77.3 cm³/mol. The summed E-state index contributed by atoms with van der Waals surface area (Å²) < 4.78 is 1.78. The van der Waals surface area contributed by atoms with Crippen molar-refractivity contribution in [2.24, 2.45) is 0 Å². The summed E-state index contributed by atoms with van der Waals surface area (Å²) in [6, 6.07) is 5.51. The Morgan fingerprint density at radius 2 is 1.76 bits per heavy atom. The number of rotatable bonds is 6. The fourth-order valence-corrected chi connectivity index (χ4v) is 2.65. The lowest BCUT2D eigenvalue weighted by Gasteiger charge is -2.07. The Hall–Kier alpha value is -0.390. The van der Waals surface area contributed by atoms with Crippen molar-refractivity contribution in [1.82, 2.24) is 10.6 Å². The minimum Gasteiger partial charge on any atom is -0.351 e. The van der Waals surface area contributed by atoms with E-state index in [0.717, 1.165) is 28.5 Å². The van der Waals surface area contributed by atoms with E-state index in [4.69, 9.17) is 0 Å². The van der Waals surface area contributed by atoms with E-state index in [0.29, 0.717) is 12.1 Å². The van der Waals surface area contributed by atoms with Crippen molar-refractivity contribution in [1.29, 1.82) is 0 Å². The first-order valence-corrected chi connectivity index (χ1v) is 7.17. The molecule has 0 atom stereocenters. The van der Waals surface area contributed by atoms with Gasteiger partial charge >= 0.3 is 0 Å². The Labute approximate surface area is 119 Å². The third kappa shape index (κ3) is 5.66. The van der Waals surface area contributed by atoms with Crippen LogP contribution in [0, 0.1) is 0 Å². The van der Waals surface area contributed by atoms with E-state index in [1.54, 1.807) is 12.1 Å². The zero-order valence-corrected chi connectivity index (χ0v) is 12.9. The van der Waals surface area contributed by atoms with Crippen LogP contribution in [0.1, 0.15) is 23.7 Å². The number of hydrogen-bond acceptors (Lipinski definition) is 2. The molecule has 0 aliphatic heterocycles. The average Bonchev–Trinajstić information content (AvgIpc) is 2.27. The van der Waals surface area contributed by atoms with E-state index < -0.39 is 0 Å². The molecule has 0 saturated heterocycles. The number of nitrogens with one attached hydrogen (secondary N) is 2. The molecule has 5 heteroatoms. The summed E-state index contributed by atoms with van der Waals surface area (Å²) in [4.78, 5) is 11.8. The van der Waals surface area contributed by atoms with Gasteiger partial charge in [0.1, 0.15) is 0 Å². The number of benzene rings is 1. The Kier molecular flexibility index (Phi) is 6.77. The first kappa shape index (κ1) is 14.7. The second-order valence-electron chi connectivity index (χ2n) is 3.66. The summed E-state index contributed by atoms with van der Waals surface area (Å²) in [6.45, 7) is 4.54. The summed E-state index contributed by atoms with van der Waals surface area (Å²) in [5, 5.41) is 6.10. The third-order valence-corrected chi connectivity index (χ3v) is 3.05. The molecule has 1 aromatic carbocycles. The molecule has 0 radical (unpaired) electrons. The average molecular weight is 364 g/mol. The second kappa shape index (κ2) is 7.84. The molecule has 0 heterocycles. The maximum absolute atomic E-state index is 11.8. The van der Waals surface area contributed by atoms with Crippen molar-refractivity contribution in [3.8, 4) is 0 Å². The van der Waals surface area contributed by atoms with Crippen molar-refractivity contribution in [3.63, 3.8) is 0 Å². The molecule has 1 rings (SSSR count). The molecule has 94 valence electrons. The van der Waals surface area contributed by atoms with Crippen LogP contribution in [-0.2, 0) is 0 Å². The van der Waals surface area contributed by atoms with Gasteiger partial charge in [0.2, 0.25) is 0 Å². The molecule has 2 N–H and O–H groups in total. The SMILES string of the molecule is CCCNCCNC(=O)c1cc(Br)cc(Br)c1. The quantitative estimate of drug-likeness (QED) is 0.763. The first-order chi connectivity index (χ1) is 8.13. The van der Waals surface area contributed by atoms with Gasteiger partial charge in [-0.05, 0) is 31.2 Å². The van der Waals surface area contributed by atoms with Crippen LogP contribution in [0.5, 0.6) is 0 Å². The fourth-order valence-electron chi connectivity index (χ4n) is 1.35. The Balaban J connectivity index is 2.41. The van der Waals surface area contributed by atoms with E-state index in [2.05, 4.69) is 49.4 Å². The molecule has 0 aliphatic rings. The van der Waals surface area contributed by atoms with Crippen LogP contribution in [0.3, 0.4) is 0 Å². The molecular weight excluding hydrogens is 348 g/mol. The molecule has 0 fully saturated rings. The van der Waals surface area contributed by atoms with E-state index in [1.165, 1.54) is 0 Å². The van der Waals surface area contributed by atoms with Crippen LogP contribution in [0.2, 0.25) is 0 Å². The van der Waals surface area contributed by atoms with Gasteiger partial charge in [-0.2, -0.15) is 0 Å². The van der Waals surface area contributed by atoms with Crippen molar-refractivity contribution in [3.05, 3.63) is 32.7 Å². The molecule has 1 amide bonds. The fraction of sp³-hybridized carbons (Fsp3) is 0.417. The summed E-state index contributed by atoms with van der Waals surface area (Å²) in [5.74, 6) is -0.0506. The second-order valence-corrected chi connectivity index (χ2v) is 5.50. The van der Waals surface area contributed by atoms with Gasteiger partial charge in [-0.25, -0.2) is 0 Å². The van der Waals surface area contributed by atoms with E-state index in [-0.39, 0.29) is 5.91 Å². The van der Waals surface area contributed by atoms with Crippen LogP contribution in [0.4, 0.5) is 0 Å². The first-order valence-electron chi connectivity index (χ1n) is 5.58. The van der Waals surface area contributed by atoms with Crippen LogP contribution >= 0.6 is 31.9 Å². The summed E-state index contributed by atoms with van der Waals surface area (Å²) in [5.41, 5.74) is 0.654. The van der Waals surface area contributed by atoms with Gasteiger partial charge in [0.25, 0.3) is 5.91 Å². The summed E-state index contributed by atoms with van der Waals surface area (Å²) in [7, 11) is 0. The zero-order chi connectivity index (χ0) is 12.7. The molecule has 0 aliphatic carbocycles. The topological polar surface area (TPSA) is 41.1 Å². The number of carbonyl (C=O) groups excluding carboxylic acids is 1. The number of amides is 1. The smallest absolute Gasteiger partial charge is 0.251 e.